The van der Waals surface area contributed by atoms with Crippen molar-refractivity contribution in [3.63, 3.8) is 0 Å². The number of carbonyl (C=O) groups excluding carboxylic acids is 1. The first-order valence-electron chi connectivity index (χ1n) is 7.40. The van der Waals surface area contributed by atoms with Crippen LogP contribution in [0.15, 0.2) is 24.3 Å². The van der Waals surface area contributed by atoms with E-state index in [1.807, 2.05) is 0 Å². The number of Topliss-reactive ketones (excluding diaryl/α,β-unsaturated/α-hetero) is 1. The minimum absolute atomic E-state index is 0.00600. The molecule has 24 heavy (non-hydrogen) atoms. The highest BCUT2D eigenvalue weighted by molar-refractivity contribution is 6.05. The molecule has 0 spiro atoms. The van der Waals surface area contributed by atoms with Gasteiger partial charge in [-0.2, -0.15) is 0 Å². The third-order valence-corrected chi connectivity index (χ3v) is 3.81. The smallest absolute Gasteiger partial charge is 0.320 e. The van der Waals surface area contributed by atoms with Crippen LogP contribution in [0.2, 0.25) is 0 Å². The number of H-pyrrole nitrogens is 1. The van der Waals surface area contributed by atoms with Crippen LogP contribution in [0.1, 0.15) is 28.9 Å². The van der Waals surface area contributed by atoms with Crippen molar-refractivity contribution in [1.29, 1.82) is 0 Å². The molecule has 128 valence electrons. The second kappa shape index (κ2) is 7.24. The maximum absolute atomic E-state index is 12.6. The summed E-state index contributed by atoms with van der Waals surface area (Å²) in [7, 11) is 0. The van der Waals surface area contributed by atoms with Gasteiger partial charge in [-0.25, -0.2) is 0 Å². The van der Waals surface area contributed by atoms with Crippen molar-refractivity contribution >= 4 is 28.6 Å². The van der Waals surface area contributed by atoms with Crippen LogP contribution in [0, 0.1) is 0 Å². The zero-order valence-corrected chi connectivity index (χ0v) is 12.9. The quantitative estimate of drug-likeness (QED) is 0.439. The molecule has 0 bridgehead atoms. The fourth-order valence-electron chi connectivity index (χ4n) is 2.53. The number of carboxylic acid groups (broad SMARTS) is 2. The summed E-state index contributed by atoms with van der Waals surface area (Å²) < 4.78 is 0. The Morgan fingerprint density at radius 2 is 1.75 bits per heavy atom. The van der Waals surface area contributed by atoms with Gasteiger partial charge in [-0.1, -0.05) is 18.2 Å². The lowest BCUT2D eigenvalue weighted by Gasteiger charge is -2.11. The minimum atomic E-state index is -1.17. The zero-order valence-electron chi connectivity index (χ0n) is 12.9. The molecular formula is C16H19N3O5. The fourth-order valence-corrected chi connectivity index (χ4v) is 2.53. The Morgan fingerprint density at radius 3 is 2.38 bits per heavy atom. The van der Waals surface area contributed by atoms with E-state index in [-0.39, 0.29) is 25.0 Å². The summed E-state index contributed by atoms with van der Waals surface area (Å²) in [6, 6.07) is 4.91. The van der Waals surface area contributed by atoms with Crippen molar-refractivity contribution in [2.75, 3.05) is 0 Å². The summed E-state index contributed by atoms with van der Waals surface area (Å²) in [4.78, 5) is 37.2. The summed E-state index contributed by atoms with van der Waals surface area (Å²) in [5.41, 5.74) is 12.7. The Hall–Kier alpha value is -2.71. The van der Waals surface area contributed by atoms with Gasteiger partial charge in [0.2, 0.25) is 0 Å². The van der Waals surface area contributed by atoms with Crippen LogP contribution in [-0.2, 0) is 16.0 Å². The molecule has 8 heteroatoms. The third-order valence-electron chi connectivity index (χ3n) is 3.81. The average Bonchev–Trinajstić information content (AvgIpc) is 2.90. The maximum atomic E-state index is 12.6. The Balaban J connectivity index is 2.39. The van der Waals surface area contributed by atoms with Crippen LogP contribution in [0.3, 0.4) is 0 Å². The molecule has 1 aromatic heterocycles. The predicted octanol–water partition coefficient (Wildman–Crippen LogP) is 0.497. The number of carbonyl (C=O) groups is 3. The van der Waals surface area contributed by atoms with E-state index in [1.54, 1.807) is 24.3 Å². The van der Waals surface area contributed by atoms with Gasteiger partial charge in [-0.15, -0.1) is 0 Å². The largest absolute Gasteiger partial charge is 0.481 e. The molecule has 0 aliphatic carbocycles. The van der Waals surface area contributed by atoms with Crippen LogP contribution in [0.5, 0.6) is 0 Å². The van der Waals surface area contributed by atoms with Crippen LogP contribution < -0.4 is 11.5 Å². The molecule has 0 fully saturated rings. The molecule has 0 aliphatic rings. The van der Waals surface area contributed by atoms with Crippen LogP contribution in [0.25, 0.3) is 10.9 Å². The lowest BCUT2D eigenvalue weighted by atomic mass is 9.97. The Bertz CT molecular complexity index is 783. The number of ketones is 1. The first-order chi connectivity index (χ1) is 11.3. The fraction of sp³-hybridized carbons (Fsp3) is 0.312. The molecule has 2 rings (SSSR count). The monoisotopic (exact) mass is 333 g/mol. The van der Waals surface area contributed by atoms with Gasteiger partial charge in [0.1, 0.15) is 6.04 Å². The average molecular weight is 333 g/mol. The van der Waals surface area contributed by atoms with E-state index >= 15 is 0 Å². The topological polar surface area (TPSA) is 160 Å². The van der Waals surface area contributed by atoms with Crippen molar-refractivity contribution in [3.05, 3.63) is 35.5 Å². The standard InChI is InChI=1S/C16H19N3O5/c17-10(5-6-13(20)21)15(22)14-9(7-11(18)16(23)24)8-3-1-2-4-12(8)19-14/h1-4,10-11,19H,5-7,17-18H2,(H,20,21)(H,23,24)/t10-,11-/m1/s1. The molecule has 0 amide bonds. The minimum Gasteiger partial charge on any atom is -0.481 e. The molecule has 2 atom stereocenters. The van der Waals surface area contributed by atoms with E-state index in [0.29, 0.717) is 16.5 Å². The number of aromatic nitrogens is 1. The van der Waals surface area contributed by atoms with E-state index in [4.69, 9.17) is 21.7 Å². The molecule has 0 radical (unpaired) electrons. The van der Waals surface area contributed by atoms with Gasteiger partial charge in [0, 0.05) is 23.7 Å². The predicted molar refractivity (Wildman–Crippen MR) is 86.8 cm³/mol. The number of hydrogen-bond acceptors (Lipinski definition) is 5. The molecule has 8 nitrogen and oxygen atoms in total. The number of benzene rings is 1. The normalized spacial score (nSPS) is 13.6. The summed E-state index contributed by atoms with van der Waals surface area (Å²) in [6.45, 7) is 0. The van der Waals surface area contributed by atoms with Crippen molar-refractivity contribution < 1.29 is 24.6 Å². The number of para-hydroxylation sites is 1. The Labute approximate surface area is 137 Å². The lowest BCUT2D eigenvalue weighted by molar-refractivity contribution is -0.139. The van der Waals surface area contributed by atoms with Crippen molar-refractivity contribution in [2.45, 2.75) is 31.3 Å². The van der Waals surface area contributed by atoms with E-state index in [9.17, 15) is 14.4 Å². The summed E-state index contributed by atoms with van der Waals surface area (Å²) in [5, 5.41) is 18.4. The number of rotatable bonds is 8. The number of carboxylic acids is 2. The van der Waals surface area contributed by atoms with E-state index < -0.39 is 29.8 Å². The summed E-state index contributed by atoms with van der Waals surface area (Å²) >= 11 is 0. The molecule has 0 unspecified atom stereocenters. The van der Waals surface area contributed by atoms with E-state index in [1.165, 1.54) is 0 Å². The third kappa shape index (κ3) is 3.79. The summed E-state index contributed by atoms with van der Waals surface area (Å²) in [6.07, 6.45) is -0.267. The van der Waals surface area contributed by atoms with E-state index in [0.717, 1.165) is 0 Å². The van der Waals surface area contributed by atoms with Gasteiger partial charge in [0.05, 0.1) is 11.7 Å². The molecule has 2 aromatic rings. The molecule has 0 saturated carbocycles. The first kappa shape index (κ1) is 17.6. The van der Waals surface area contributed by atoms with Crippen molar-refractivity contribution in [3.8, 4) is 0 Å². The highest BCUT2D eigenvalue weighted by Gasteiger charge is 2.25. The van der Waals surface area contributed by atoms with Gasteiger partial charge < -0.3 is 26.7 Å². The highest BCUT2D eigenvalue weighted by Crippen LogP contribution is 2.25. The molecule has 1 heterocycles. The number of aliphatic carboxylic acids is 2. The Morgan fingerprint density at radius 1 is 1.08 bits per heavy atom. The van der Waals surface area contributed by atoms with Gasteiger partial charge >= 0.3 is 11.9 Å². The summed E-state index contributed by atoms with van der Waals surface area (Å²) in [5.74, 6) is -2.67. The number of fused-ring (bicyclic) bond motifs is 1. The second-order valence-corrected chi connectivity index (χ2v) is 5.58. The number of aromatic amines is 1. The van der Waals surface area contributed by atoms with Crippen LogP contribution >= 0.6 is 0 Å². The van der Waals surface area contributed by atoms with Crippen LogP contribution in [-0.4, -0.2) is 45.0 Å². The first-order valence-corrected chi connectivity index (χ1v) is 7.40. The van der Waals surface area contributed by atoms with Crippen molar-refractivity contribution in [2.24, 2.45) is 11.5 Å². The number of nitrogens with two attached hydrogens (primary N) is 2. The van der Waals surface area contributed by atoms with Gasteiger partial charge in [-0.3, -0.25) is 14.4 Å². The molecule has 0 aliphatic heterocycles. The van der Waals surface area contributed by atoms with Gasteiger partial charge in [-0.05, 0) is 18.1 Å². The molecular weight excluding hydrogens is 314 g/mol. The van der Waals surface area contributed by atoms with Gasteiger partial charge in [0.15, 0.2) is 5.78 Å². The second-order valence-electron chi connectivity index (χ2n) is 5.58. The SMILES string of the molecule is N[C@H](Cc1c(C(=O)[C@H](N)CCC(=O)O)[nH]c2ccccc12)C(=O)O. The lowest BCUT2D eigenvalue weighted by Crippen LogP contribution is -2.35. The van der Waals surface area contributed by atoms with Crippen LogP contribution in [0.4, 0.5) is 0 Å². The number of nitrogens with one attached hydrogen (secondary N) is 1. The van der Waals surface area contributed by atoms with Crippen molar-refractivity contribution in [1.82, 2.24) is 4.98 Å². The molecule has 1 aromatic carbocycles. The number of hydrogen-bond donors (Lipinski definition) is 5. The molecule has 0 saturated heterocycles. The Kier molecular flexibility index (Phi) is 5.32. The molecule has 7 N–H and O–H groups in total. The zero-order chi connectivity index (χ0) is 17.9. The maximum Gasteiger partial charge on any atom is 0.320 e. The van der Waals surface area contributed by atoms with Gasteiger partial charge in [0.25, 0.3) is 0 Å². The van der Waals surface area contributed by atoms with E-state index in [2.05, 4.69) is 4.98 Å². The highest BCUT2D eigenvalue weighted by atomic mass is 16.4.